The number of aliphatic hydroxyl groups is 1. The van der Waals surface area contributed by atoms with E-state index in [4.69, 9.17) is 4.43 Å². The highest BCUT2D eigenvalue weighted by atomic mass is 28.4. The van der Waals surface area contributed by atoms with Crippen molar-refractivity contribution in [3.8, 4) is 0 Å². The Hall–Kier alpha value is -1.72. The van der Waals surface area contributed by atoms with Crippen LogP contribution in [0.25, 0.3) is 0 Å². The minimum absolute atomic E-state index is 0.00215. The fourth-order valence-electron chi connectivity index (χ4n) is 6.01. The molecule has 0 radical (unpaired) electrons. The van der Waals surface area contributed by atoms with E-state index in [1.165, 1.54) is 15.9 Å². The minimum atomic E-state index is -2.48. The predicted octanol–water partition coefficient (Wildman–Crippen LogP) is 4.11. The molecule has 0 unspecified atom stereocenters. The molecule has 0 aliphatic carbocycles. The molecule has 0 bridgehead atoms. The molecule has 0 amide bonds. The van der Waals surface area contributed by atoms with Gasteiger partial charge in [0.15, 0.2) is 0 Å². The van der Waals surface area contributed by atoms with Gasteiger partial charge in [-0.1, -0.05) is 93.6 Å². The van der Waals surface area contributed by atoms with Gasteiger partial charge < -0.3 is 9.53 Å². The van der Waals surface area contributed by atoms with Crippen molar-refractivity contribution in [3.05, 3.63) is 72.8 Å². The first kappa shape index (κ1) is 22.5. The van der Waals surface area contributed by atoms with E-state index in [9.17, 15) is 5.11 Å². The molecule has 31 heavy (non-hydrogen) atoms. The fraction of sp³-hybridized carbons (Fsp3) is 0.481. The molecule has 4 rings (SSSR count). The molecule has 4 heteroatoms. The molecule has 2 aliphatic rings. The zero-order chi connectivity index (χ0) is 22.1. The van der Waals surface area contributed by atoms with E-state index in [1.54, 1.807) is 0 Å². The summed E-state index contributed by atoms with van der Waals surface area (Å²) in [6.07, 6.45) is 4.14. The highest BCUT2D eigenvalue weighted by molar-refractivity contribution is 6.99. The molecule has 2 heterocycles. The minimum Gasteiger partial charge on any atom is -0.407 e. The first-order chi connectivity index (χ1) is 14.8. The van der Waals surface area contributed by atoms with Crippen molar-refractivity contribution in [3.63, 3.8) is 0 Å². The van der Waals surface area contributed by atoms with Crippen molar-refractivity contribution in [2.24, 2.45) is 0 Å². The molecule has 0 spiro atoms. The summed E-state index contributed by atoms with van der Waals surface area (Å²) in [5.74, 6) is 0. The Morgan fingerprint density at radius 3 is 2.16 bits per heavy atom. The van der Waals surface area contributed by atoms with Crippen LogP contribution in [0.1, 0.15) is 46.5 Å². The molecule has 2 aromatic rings. The smallest absolute Gasteiger partial charge is 0.261 e. The van der Waals surface area contributed by atoms with Gasteiger partial charge in [-0.25, -0.2) is 0 Å². The number of aliphatic hydroxyl groups excluding tert-OH is 1. The largest absolute Gasteiger partial charge is 0.407 e. The standard InChI is InChI=1S/C27H37NO2Si/c1-22-19-27(21-29)17-15-23(28(27)20-22)16-18-30-31(26(2,3)4,24-11-7-5-8-12-24)25-13-9-6-10-14-25/h5-14,23,29H,1,15-21H2,2-4H3/t23-,27-/m0/s1. The zero-order valence-electron chi connectivity index (χ0n) is 19.3. The van der Waals surface area contributed by atoms with Gasteiger partial charge in [0, 0.05) is 24.7 Å². The van der Waals surface area contributed by atoms with E-state index in [0.717, 1.165) is 38.8 Å². The van der Waals surface area contributed by atoms with Crippen molar-refractivity contribution in [1.82, 2.24) is 4.90 Å². The van der Waals surface area contributed by atoms with Crippen molar-refractivity contribution in [2.75, 3.05) is 19.8 Å². The number of hydrogen-bond acceptors (Lipinski definition) is 3. The summed E-state index contributed by atoms with van der Waals surface area (Å²) in [7, 11) is -2.48. The van der Waals surface area contributed by atoms with Crippen molar-refractivity contribution in [2.45, 2.75) is 63.1 Å². The van der Waals surface area contributed by atoms with Gasteiger partial charge >= 0.3 is 0 Å². The summed E-state index contributed by atoms with van der Waals surface area (Å²) in [5.41, 5.74) is 1.19. The number of rotatable bonds is 7. The summed E-state index contributed by atoms with van der Waals surface area (Å²) in [6.45, 7) is 13.1. The van der Waals surface area contributed by atoms with Crippen LogP contribution in [-0.2, 0) is 4.43 Å². The molecule has 2 fully saturated rings. The maximum atomic E-state index is 10.1. The molecule has 2 aliphatic heterocycles. The van der Waals surface area contributed by atoms with E-state index in [-0.39, 0.29) is 17.2 Å². The monoisotopic (exact) mass is 435 g/mol. The highest BCUT2D eigenvalue weighted by Crippen LogP contribution is 2.45. The molecule has 166 valence electrons. The Labute approximate surface area is 188 Å². The molecular formula is C27H37NO2Si. The van der Waals surface area contributed by atoms with Crippen LogP contribution in [0.5, 0.6) is 0 Å². The van der Waals surface area contributed by atoms with Crippen molar-refractivity contribution in [1.29, 1.82) is 0 Å². The summed E-state index contributed by atoms with van der Waals surface area (Å²) >= 11 is 0. The number of fused-ring (bicyclic) bond motifs is 1. The molecule has 3 nitrogen and oxygen atoms in total. The Morgan fingerprint density at radius 2 is 1.65 bits per heavy atom. The third-order valence-electron chi connectivity index (χ3n) is 7.45. The van der Waals surface area contributed by atoms with Crippen LogP contribution in [0.15, 0.2) is 72.8 Å². The third-order valence-corrected chi connectivity index (χ3v) is 12.5. The van der Waals surface area contributed by atoms with Crippen LogP contribution in [0.2, 0.25) is 5.04 Å². The van der Waals surface area contributed by atoms with Crippen LogP contribution in [-0.4, -0.2) is 49.7 Å². The van der Waals surface area contributed by atoms with Gasteiger partial charge in [-0.2, -0.15) is 0 Å². The number of benzene rings is 2. The number of hydrogen-bond donors (Lipinski definition) is 1. The van der Waals surface area contributed by atoms with Gasteiger partial charge in [0.05, 0.1) is 6.61 Å². The summed E-state index contributed by atoms with van der Waals surface area (Å²) in [6, 6.07) is 22.2. The topological polar surface area (TPSA) is 32.7 Å². The average molecular weight is 436 g/mol. The SMILES string of the molecule is C=C1CN2[C@H](CCO[Si](c3ccccc3)(c3ccccc3)C(C)(C)C)CC[C@@]2(CO)C1. The number of nitrogens with zero attached hydrogens (tertiary/aromatic N) is 1. The first-order valence-corrected chi connectivity index (χ1v) is 13.5. The zero-order valence-corrected chi connectivity index (χ0v) is 20.3. The van der Waals surface area contributed by atoms with Gasteiger partial charge in [0.25, 0.3) is 8.32 Å². The summed E-state index contributed by atoms with van der Waals surface area (Å²) in [5, 5.41) is 12.8. The average Bonchev–Trinajstić information content (AvgIpc) is 3.26. The maximum Gasteiger partial charge on any atom is 0.261 e. The summed E-state index contributed by atoms with van der Waals surface area (Å²) < 4.78 is 7.10. The van der Waals surface area contributed by atoms with Crippen molar-refractivity contribution < 1.29 is 9.53 Å². The second kappa shape index (κ2) is 8.66. The second-order valence-electron chi connectivity index (χ2n) is 10.4. The highest BCUT2D eigenvalue weighted by Gasteiger charge is 2.52. The molecule has 2 atom stereocenters. The molecule has 0 saturated carbocycles. The van der Waals surface area contributed by atoms with Crippen LogP contribution < -0.4 is 10.4 Å². The van der Waals surface area contributed by atoms with E-state index in [0.29, 0.717) is 6.04 Å². The Bertz CT molecular complexity index is 853. The predicted molar refractivity (Wildman–Crippen MR) is 131 cm³/mol. The summed E-state index contributed by atoms with van der Waals surface area (Å²) in [4.78, 5) is 2.52. The lowest BCUT2D eigenvalue weighted by Gasteiger charge is -2.43. The van der Waals surface area contributed by atoms with Crippen LogP contribution in [0.4, 0.5) is 0 Å². The lowest BCUT2D eigenvalue weighted by Crippen LogP contribution is -2.66. The molecule has 2 aromatic carbocycles. The van der Waals surface area contributed by atoms with E-state index >= 15 is 0 Å². The Morgan fingerprint density at radius 1 is 1.06 bits per heavy atom. The maximum absolute atomic E-state index is 10.1. The molecular weight excluding hydrogens is 398 g/mol. The van der Waals surface area contributed by atoms with E-state index in [2.05, 4.69) is 92.9 Å². The van der Waals surface area contributed by atoms with Gasteiger partial charge in [-0.05, 0) is 41.1 Å². The van der Waals surface area contributed by atoms with Gasteiger partial charge in [-0.3, -0.25) is 4.90 Å². The quantitative estimate of drug-likeness (QED) is 0.525. The fourth-order valence-corrected chi connectivity index (χ4v) is 10.6. The van der Waals surface area contributed by atoms with Crippen LogP contribution >= 0.6 is 0 Å². The van der Waals surface area contributed by atoms with Gasteiger partial charge in [0.1, 0.15) is 0 Å². The third kappa shape index (κ3) is 3.95. The first-order valence-electron chi connectivity index (χ1n) is 11.6. The van der Waals surface area contributed by atoms with E-state index < -0.39 is 8.32 Å². The van der Waals surface area contributed by atoms with E-state index in [1.807, 2.05) is 0 Å². The lowest BCUT2D eigenvalue weighted by atomic mass is 9.94. The van der Waals surface area contributed by atoms with Crippen molar-refractivity contribution >= 4 is 18.7 Å². The lowest BCUT2D eigenvalue weighted by molar-refractivity contribution is 0.0710. The Balaban J connectivity index is 1.60. The van der Waals surface area contributed by atoms with Crippen LogP contribution in [0, 0.1) is 0 Å². The van der Waals surface area contributed by atoms with Gasteiger partial charge in [0.2, 0.25) is 0 Å². The normalized spacial score (nSPS) is 24.5. The second-order valence-corrected chi connectivity index (χ2v) is 14.7. The van der Waals surface area contributed by atoms with Crippen LogP contribution in [0.3, 0.4) is 0 Å². The van der Waals surface area contributed by atoms with Gasteiger partial charge in [-0.15, -0.1) is 0 Å². The Kier molecular flexibility index (Phi) is 6.28. The molecule has 0 aromatic heterocycles. The molecule has 1 N–H and O–H groups in total. The molecule has 2 saturated heterocycles.